The first kappa shape index (κ1) is 80.0. The van der Waals surface area contributed by atoms with Crippen molar-refractivity contribution in [3.63, 3.8) is 0 Å². The molecule has 0 spiro atoms. The lowest BCUT2D eigenvalue weighted by molar-refractivity contribution is -0.136. The Morgan fingerprint density at radius 1 is 0.315 bits per heavy atom. The molecule has 0 aliphatic carbocycles. The van der Waals surface area contributed by atoms with Gasteiger partial charge < -0.3 is 55.5 Å². The van der Waals surface area contributed by atoms with E-state index in [1.54, 1.807) is 55.6 Å². The van der Waals surface area contributed by atoms with Gasteiger partial charge in [0.2, 0.25) is 5.91 Å². The highest BCUT2D eigenvalue weighted by Crippen LogP contribution is 2.42. The van der Waals surface area contributed by atoms with E-state index in [1.165, 1.54) is 0 Å². The van der Waals surface area contributed by atoms with Crippen molar-refractivity contribution in [1.29, 1.82) is 0 Å². The summed E-state index contributed by atoms with van der Waals surface area (Å²) in [5.41, 5.74) is 36.9. The largest absolute Gasteiger partial charge is 0.494 e. The van der Waals surface area contributed by atoms with Crippen molar-refractivity contribution < 1.29 is 24.2 Å². The normalized spacial score (nSPS) is 11.6. The van der Waals surface area contributed by atoms with E-state index in [4.69, 9.17) is 40.2 Å². The minimum atomic E-state index is -0.797. The van der Waals surface area contributed by atoms with Gasteiger partial charge in [0.15, 0.2) is 0 Å². The maximum Gasteiger partial charge on any atom is 0.307 e. The molecule has 1 amide bonds. The van der Waals surface area contributed by atoms with E-state index in [2.05, 4.69) is 187 Å². The third-order valence-corrected chi connectivity index (χ3v) is 21.2. The number of pyridine rings is 6. The maximum absolute atomic E-state index is 12.3. The molecule has 2 aromatic carbocycles. The molecule has 18 heterocycles. The zero-order valence-electron chi connectivity index (χ0n) is 66.5. The number of hydrogen-bond acceptors (Lipinski definition) is 15. The van der Waals surface area contributed by atoms with Crippen LogP contribution < -0.4 is 20.5 Å². The predicted molar refractivity (Wildman–Crippen MR) is 494 cm³/mol. The van der Waals surface area contributed by atoms with Gasteiger partial charge in [0.1, 0.15) is 11.5 Å². The first-order valence-corrected chi connectivity index (χ1v) is 40.3. The second-order valence-electron chi connectivity index (χ2n) is 29.2. The number of H-pyrrole nitrogens is 6. The number of nitrogens with one attached hydrogen (secondary N) is 7. The molecule has 23 heteroatoms. The number of nitrogens with two attached hydrogens (primary N) is 1. The molecule has 14 aromatic heterocycles. The van der Waals surface area contributed by atoms with Crippen LogP contribution in [0.15, 0.2) is 281 Å². The number of nitrogens with zero attached hydrogens (tertiary/aromatic N) is 10. The molecule has 16 aromatic rings. The predicted octanol–water partition coefficient (Wildman–Crippen LogP) is 20.5. The number of aliphatic carboxylic acids is 1. The Labute approximate surface area is 713 Å². The summed E-state index contributed by atoms with van der Waals surface area (Å²) < 4.78 is 12.1. The van der Waals surface area contributed by atoms with E-state index in [-0.39, 0.29) is 19.8 Å². The third-order valence-electron chi connectivity index (χ3n) is 21.2. The van der Waals surface area contributed by atoms with Crippen LogP contribution in [0.4, 0.5) is 0 Å². The van der Waals surface area contributed by atoms with Gasteiger partial charge in [0, 0.05) is 194 Å². The Hall–Kier alpha value is -16.4. The summed E-state index contributed by atoms with van der Waals surface area (Å²) in [6, 6.07) is 61.0. The van der Waals surface area contributed by atoms with E-state index >= 15 is 0 Å². The zero-order valence-corrected chi connectivity index (χ0v) is 66.5. The number of ether oxygens (including phenoxy) is 2. The van der Waals surface area contributed by atoms with Gasteiger partial charge in [-0.05, 0) is 281 Å². The second-order valence-corrected chi connectivity index (χ2v) is 29.2. The van der Waals surface area contributed by atoms with E-state index in [1.807, 2.05) is 153 Å². The van der Waals surface area contributed by atoms with Crippen LogP contribution in [-0.4, -0.2) is 123 Å². The average molecular weight is 1630 g/mol. The minimum absolute atomic E-state index is 0. The molecular weight excluding hydrogens is 1550 g/mol. The van der Waals surface area contributed by atoms with Crippen LogP contribution in [0.3, 0.4) is 0 Å². The van der Waals surface area contributed by atoms with E-state index in [0.29, 0.717) is 39.1 Å². The molecule has 0 unspecified atom stereocenters. The van der Waals surface area contributed by atoms with Crippen LogP contribution in [-0.2, 0) is 22.4 Å². The van der Waals surface area contributed by atoms with Gasteiger partial charge in [0.05, 0.1) is 71.6 Å². The quantitative estimate of drug-likeness (QED) is 0.0302. The number of rotatable bonds is 21. The number of benzene rings is 2. The molecule has 4 aliphatic rings. The summed E-state index contributed by atoms with van der Waals surface area (Å²) in [6.07, 6.45) is 47.3. The Morgan fingerprint density at radius 3 is 0.790 bits per heavy atom. The lowest BCUT2D eigenvalue weighted by Crippen LogP contribution is -2.26. The van der Waals surface area contributed by atoms with Crippen molar-refractivity contribution in [2.24, 2.45) is 5.73 Å². The Morgan fingerprint density at radius 2 is 0.556 bits per heavy atom. The lowest BCUT2D eigenvalue weighted by atomic mass is 10.0. The molecule has 0 saturated carbocycles. The number of carbonyl (C=O) groups is 2. The fourth-order valence-corrected chi connectivity index (χ4v) is 15.5. The van der Waals surface area contributed by atoms with Gasteiger partial charge in [-0.2, -0.15) is 0 Å². The molecule has 23 nitrogen and oxygen atoms in total. The topological polar surface area (TPSA) is 335 Å². The number of amides is 1. The first-order chi connectivity index (χ1) is 60.7. The van der Waals surface area contributed by atoms with Gasteiger partial charge in [-0.15, -0.1) is 0 Å². The Balaban J connectivity index is 0.000000159. The summed E-state index contributed by atoms with van der Waals surface area (Å²) in [7, 11) is 0. The van der Waals surface area contributed by atoms with Crippen LogP contribution in [0.1, 0.15) is 76.9 Å². The highest BCUT2D eigenvalue weighted by molar-refractivity contribution is 6.03. The van der Waals surface area contributed by atoms with Crippen LogP contribution in [0.5, 0.6) is 11.5 Å². The second kappa shape index (κ2) is 37.3. The first-order valence-electron chi connectivity index (χ1n) is 40.3. The maximum atomic E-state index is 12.3. The molecule has 608 valence electrons. The van der Waals surface area contributed by atoms with Crippen molar-refractivity contribution in [3.8, 4) is 101 Å². The number of carbonyl (C=O) groups excluding carboxylic acids is 1. The van der Waals surface area contributed by atoms with E-state index < -0.39 is 5.97 Å². The van der Waals surface area contributed by atoms with Crippen LogP contribution >= 0.6 is 0 Å². The zero-order chi connectivity index (χ0) is 83.2. The molecule has 0 saturated heterocycles. The summed E-state index contributed by atoms with van der Waals surface area (Å²) in [6.45, 7) is 2.16. The summed E-state index contributed by atoms with van der Waals surface area (Å²) in [5, 5.41) is 11.2. The van der Waals surface area contributed by atoms with Crippen molar-refractivity contribution in [3.05, 3.63) is 338 Å². The highest BCUT2D eigenvalue weighted by Gasteiger charge is 2.23. The monoisotopic (exact) mass is 1630 g/mol. The SMILES string of the molecule is C.NCCCOc1ccc(-c2c3nc(c(-c4ccncc4)c4ccc([nH]4)c(-c4ccncc4)c4nc(c(-c5ccncc5)c5ccc2[nH]5)C=C4)C=C3)cc1.O=C(Cc1cc[nH]c1)NCCCOc1ccc(-c2c3nc(c(-c4ccncc4)c4ccc([nH]4)c(-c4ccncc4)c4nc(c(-c5ccncc5)c5ccc2[nH]5)C=C4)C=C3)cc1.O=C(O)Cc1cc[nH]c1. The smallest absolute Gasteiger partial charge is 0.307 e. The minimum Gasteiger partial charge on any atom is -0.494 e. The van der Waals surface area contributed by atoms with Gasteiger partial charge in [-0.25, -0.2) is 19.9 Å². The number of fused-ring (bicyclic) bond motifs is 16. The van der Waals surface area contributed by atoms with E-state index in [0.717, 1.165) is 208 Å². The molecule has 4 aliphatic heterocycles. The van der Waals surface area contributed by atoms with Crippen LogP contribution in [0.2, 0.25) is 0 Å². The fraction of sp³-hybridized carbons (Fsp3) is 0.0891. The van der Waals surface area contributed by atoms with E-state index in [9.17, 15) is 9.59 Å². The summed E-state index contributed by atoms with van der Waals surface area (Å²) in [4.78, 5) is 90.4. The molecule has 16 bridgehead atoms. The molecule has 0 atom stereocenters. The highest BCUT2D eigenvalue weighted by atomic mass is 16.5. The van der Waals surface area contributed by atoms with Crippen molar-refractivity contribution in [2.75, 3.05) is 26.3 Å². The molecule has 0 fully saturated rings. The fourth-order valence-electron chi connectivity index (χ4n) is 15.5. The molecule has 20 rings (SSSR count). The van der Waals surface area contributed by atoms with Crippen molar-refractivity contribution in [2.45, 2.75) is 33.1 Å². The molecule has 10 N–H and O–H groups in total. The number of aromatic nitrogens is 16. The Kier molecular flexibility index (Phi) is 24.1. The summed E-state index contributed by atoms with van der Waals surface area (Å²) >= 11 is 0. The number of carboxylic acids is 1. The third kappa shape index (κ3) is 17.8. The number of hydrogen-bond donors (Lipinski definition) is 9. The van der Waals surface area contributed by atoms with Crippen molar-refractivity contribution >= 4 is 105 Å². The number of aromatic amines is 6. The van der Waals surface area contributed by atoms with Gasteiger partial charge in [-0.1, -0.05) is 31.7 Å². The average Bonchev–Trinajstić information content (AvgIpc) is 1.62. The van der Waals surface area contributed by atoms with Gasteiger partial charge >= 0.3 is 5.97 Å². The van der Waals surface area contributed by atoms with Gasteiger partial charge in [-0.3, -0.25) is 39.5 Å². The van der Waals surface area contributed by atoms with Crippen molar-refractivity contribution in [1.82, 2.24) is 85.1 Å². The number of carboxylic acid groups (broad SMARTS) is 1. The molecule has 124 heavy (non-hydrogen) atoms. The van der Waals surface area contributed by atoms with Crippen LogP contribution in [0, 0.1) is 0 Å². The lowest BCUT2D eigenvalue weighted by Gasteiger charge is -2.09. The standard InChI is InChI=1S/C50H39N9O2.C44H34N8O.C6H7NO2.CH4/c60-46(30-32-14-22-54-31-32)55-21-1-29-61-37-4-2-33(3-5-37)47-38-6-8-40(56-38)48(34-15-23-51-24-16-34)42-10-12-44(58-42)50(36-19-27-53-28-20-36)45-13-11-43(59-45)49(35-17-25-52-26-18-35)41-9-7-39(47)57-41;45-20-1-27-53-32-4-2-28(3-5-32)41-33-6-8-35(49-33)42(29-14-21-46-22-15-29)37-10-12-39(51-37)44(31-18-25-48-26-19-31)40-13-11-38(52-40)43(30-16-23-47-24-17-30)36-9-7-34(41)50-36;8-6(9)3-5-1-2-7-4-5;/h2-20,22-28,31,54,56,59H,1,21,29-30H2,(H,55,60);2-19,21-26,49,52H,1,20,27,45H2;1-2,4,7H,3H2,(H,8,9);1H4. The molecule has 0 radical (unpaired) electrons. The Bertz CT molecular complexity index is 6920. The molecular formula is C101H84N18O5. The van der Waals surface area contributed by atoms with Crippen LogP contribution in [0.25, 0.3) is 182 Å². The van der Waals surface area contributed by atoms with Gasteiger partial charge in [0.25, 0.3) is 0 Å². The summed E-state index contributed by atoms with van der Waals surface area (Å²) in [5.74, 6) is 0.730.